The van der Waals surface area contributed by atoms with E-state index in [-0.39, 0.29) is 17.8 Å². The predicted octanol–water partition coefficient (Wildman–Crippen LogP) is 7.16. The van der Waals surface area contributed by atoms with Gasteiger partial charge in [-0.15, -0.1) is 0 Å². The van der Waals surface area contributed by atoms with Gasteiger partial charge in [-0.1, -0.05) is 37.3 Å². The van der Waals surface area contributed by atoms with Crippen LogP contribution in [0.5, 0.6) is 11.6 Å². The minimum absolute atomic E-state index is 0.00219. The number of aryl methyl sites for hydroxylation is 1. The minimum Gasteiger partial charge on any atom is -0.485 e. The third-order valence-corrected chi connectivity index (χ3v) is 9.37. The summed E-state index contributed by atoms with van der Waals surface area (Å²) in [6.07, 6.45) is 7.33. The molecule has 2 aromatic carbocycles. The first-order valence-electron chi connectivity index (χ1n) is 14.9. The second kappa shape index (κ2) is 11.4. The number of aliphatic carboxylic acids is 1. The smallest absolute Gasteiger partial charge is 0.306 e. The number of benzene rings is 2. The summed E-state index contributed by atoms with van der Waals surface area (Å²) >= 11 is 0. The van der Waals surface area contributed by atoms with Crippen molar-refractivity contribution in [2.75, 3.05) is 13.7 Å². The third-order valence-electron chi connectivity index (χ3n) is 9.37. The fraction of sp³-hybridized carbons (Fsp3) is 0.471. The van der Waals surface area contributed by atoms with Crippen molar-refractivity contribution in [1.29, 1.82) is 0 Å². The van der Waals surface area contributed by atoms with E-state index in [2.05, 4.69) is 47.1 Å². The third kappa shape index (κ3) is 5.69. The number of fused-ring (bicyclic) bond motifs is 1. The van der Waals surface area contributed by atoms with Crippen LogP contribution in [0.3, 0.4) is 0 Å². The van der Waals surface area contributed by atoms with Crippen molar-refractivity contribution in [3.8, 4) is 22.8 Å². The Hall–Kier alpha value is -3.45. The molecule has 1 saturated carbocycles. The van der Waals surface area contributed by atoms with Crippen molar-refractivity contribution in [2.45, 2.75) is 77.0 Å². The summed E-state index contributed by atoms with van der Waals surface area (Å²) in [5.74, 6) is 0.111. The summed E-state index contributed by atoms with van der Waals surface area (Å²) in [5.41, 5.74) is 5.70. The summed E-state index contributed by atoms with van der Waals surface area (Å²) in [6.45, 7) is 5.84. The molecule has 0 bridgehead atoms. The number of nitrogens with zero attached hydrogens (tertiary/aromatic N) is 2. The van der Waals surface area contributed by atoms with E-state index in [1.54, 1.807) is 13.2 Å². The highest BCUT2D eigenvalue weighted by Gasteiger charge is 2.39. The monoisotopic (exact) mass is 558 g/mol. The number of hydrogen-bond donors (Lipinski definition) is 1. The van der Waals surface area contributed by atoms with Crippen LogP contribution in [-0.2, 0) is 17.8 Å². The Balaban J connectivity index is 1.32. The second-order valence-electron chi connectivity index (χ2n) is 12.1. The number of halogens is 1. The fourth-order valence-corrected chi connectivity index (χ4v) is 6.80. The Morgan fingerprint density at radius 3 is 2.68 bits per heavy atom. The molecule has 2 fully saturated rings. The van der Waals surface area contributed by atoms with Crippen LogP contribution in [0.2, 0.25) is 0 Å². The molecule has 3 heterocycles. The van der Waals surface area contributed by atoms with Gasteiger partial charge in [-0.3, -0.25) is 9.69 Å². The number of carboxylic acids is 1. The first-order chi connectivity index (χ1) is 19.8. The molecule has 1 saturated heterocycles. The molecule has 3 aromatic rings. The largest absolute Gasteiger partial charge is 0.485 e. The molecule has 0 spiro atoms. The number of pyridine rings is 1. The Kier molecular flexibility index (Phi) is 7.73. The lowest BCUT2D eigenvalue weighted by atomic mass is 9.82. The number of carboxylic acid groups (broad SMARTS) is 1. The first-order valence-corrected chi connectivity index (χ1v) is 14.9. The maximum atomic E-state index is 15.1. The average molecular weight is 559 g/mol. The van der Waals surface area contributed by atoms with Crippen LogP contribution in [-0.4, -0.2) is 40.7 Å². The van der Waals surface area contributed by atoms with Gasteiger partial charge >= 0.3 is 5.97 Å². The quantitative estimate of drug-likeness (QED) is 0.300. The van der Waals surface area contributed by atoms with E-state index in [1.807, 2.05) is 13.0 Å². The van der Waals surface area contributed by atoms with Gasteiger partial charge in [0.15, 0.2) is 0 Å². The molecule has 6 nitrogen and oxygen atoms in total. The van der Waals surface area contributed by atoms with Gasteiger partial charge in [-0.2, -0.15) is 0 Å². The van der Waals surface area contributed by atoms with Gasteiger partial charge < -0.3 is 14.6 Å². The Bertz CT molecular complexity index is 1440. The molecule has 1 aliphatic carbocycles. The number of ether oxygens (including phenoxy) is 2. The number of hydrogen-bond acceptors (Lipinski definition) is 5. The molecule has 3 aliphatic rings. The van der Waals surface area contributed by atoms with Crippen LogP contribution in [0.15, 0.2) is 48.7 Å². The molecule has 216 valence electrons. The lowest BCUT2D eigenvalue weighted by Gasteiger charge is -2.30. The van der Waals surface area contributed by atoms with Crippen LogP contribution in [0.4, 0.5) is 4.39 Å². The van der Waals surface area contributed by atoms with Crippen LogP contribution in [0.25, 0.3) is 11.1 Å². The van der Waals surface area contributed by atoms with Gasteiger partial charge in [0.1, 0.15) is 17.7 Å². The molecular formula is C34H39FN2O4. The Labute approximate surface area is 241 Å². The Morgan fingerprint density at radius 1 is 1.15 bits per heavy atom. The highest BCUT2D eigenvalue weighted by molar-refractivity contribution is 5.71. The first kappa shape index (κ1) is 27.7. The molecule has 2 aliphatic heterocycles. The van der Waals surface area contributed by atoms with E-state index in [1.165, 1.54) is 19.0 Å². The number of carbonyl (C=O) groups is 1. The molecular weight excluding hydrogens is 519 g/mol. The van der Waals surface area contributed by atoms with Crippen LogP contribution in [0.1, 0.15) is 80.2 Å². The maximum Gasteiger partial charge on any atom is 0.306 e. The molecule has 0 amide bonds. The van der Waals surface area contributed by atoms with Crippen LogP contribution in [0, 0.1) is 17.7 Å². The summed E-state index contributed by atoms with van der Waals surface area (Å²) in [5, 5.41) is 9.75. The van der Waals surface area contributed by atoms with E-state index in [4.69, 9.17) is 9.47 Å². The highest BCUT2D eigenvalue weighted by Crippen LogP contribution is 2.48. The van der Waals surface area contributed by atoms with Crippen LogP contribution >= 0.6 is 0 Å². The van der Waals surface area contributed by atoms with Gasteiger partial charge in [0.2, 0.25) is 5.88 Å². The van der Waals surface area contributed by atoms with Crippen LogP contribution < -0.4 is 9.47 Å². The lowest BCUT2D eigenvalue weighted by molar-refractivity contribution is -0.142. The van der Waals surface area contributed by atoms with Crippen molar-refractivity contribution in [3.05, 3.63) is 76.7 Å². The molecule has 6 rings (SSSR count). The Morgan fingerprint density at radius 2 is 1.98 bits per heavy atom. The standard InChI is InChI=1S/C34H39FN2O4/c1-20-5-4-14-37(20)19-26-15-24(10-12-27(26)28-17-32(40-3)36-18-29(28)35)30-13-11-22-6-9-25(16-31(22)41-30)33(23-7-8-23)21(2)34(38)39/h6,9-10,12,15-18,20-21,23,30,33H,4-5,7-8,11,13-14,19H2,1-3H3,(H,38,39)/t20-,21-,30+,33-/m0/s1. The minimum atomic E-state index is -0.749. The summed E-state index contributed by atoms with van der Waals surface area (Å²) in [7, 11) is 1.54. The number of likely N-dealkylation sites (tertiary alicyclic amines) is 1. The predicted molar refractivity (Wildman–Crippen MR) is 156 cm³/mol. The zero-order valence-corrected chi connectivity index (χ0v) is 24.1. The van der Waals surface area contributed by atoms with Gasteiger partial charge in [-0.05, 0) is 97.7 Å². The van der Waals surface area contributed by atoms with E-state index < -0.39 is 11.9 Å². The average Bonchev–Trinajstić information content (AvgIpc) is 3.73. The maximum absolute atomic E-state index is 15.1. The van der Waals surface area contributed by atoms with Gasteiger partial charge in [0.05, 0.1) is 19.2 Å². The summed E-state index contributed by atoms with van der Waals surface area (Å²) in [6, 6.07) is 14.7. The van der Waals surface area contributed by atoms with Crippen molar-refractivity contribution in [3.63, 3.8) is 0 Å². The zero-order valence-electron chi connectivity index (χ0n) is 24.1. The number of aromatic nitrogens is 1. The zero-order chi connectivity index (χ0) is 28.7. The van der Waals surface area contributed by atoms with Gasteiger partial charge in [0, 0.05) is 24.2 Å². The number of rotatable bonds is 9. The summed E-state index contributed by atoms with van der Waals surface area (Å²) < 4.78 is 27.0. The van der Waals surface area contributed by atoms with Crippen molar-refractivity contribution in [2.24, 2.45) is 11.8 Å². The highest BCUT2D eigenvalue weighted by atomic mass is 19.1. The van der Waals surface area contributed by atoms with Gasteiger partial charge in [-0.25, -0.2) is 9.37 Å². The molecule has 0 radical (unpaired) electrons. The van der Waals surface area contributed by atoms with Crippen molar-refractivity contribution < 1.29 is 23.8 Å². The van der Waals surface area contributed by atoms with Crippen molar-refractivity contribution >= 4 is 5.97 Å². The van der Waals surface area contributed by atoms with E-state index in [0.29, 0.717) is 23.4 Å². The number of methoxy groups -OCH3 is 1. The normalized spacial score (nSPS) is 22.0. The molecule has 7 heteroatoms. The van der Waals surface area contributed by atoms with E-state index >= 15 is 4.39 Å². The molecule has 1 aromatic heterocycles. The summed E-state index contributed by atoms with van der Waals surface area (Å²) in [4.78, 5) is 18.4. The van der Waals surface area contributed by atoms with E-state index in [9.17, 15) is 9.90 Å². The SMILES string of the molecule is COc1cc(-c2ccc([C@H]3CCc4ccc([C@H](C5CC5)[C@H](C)C(=O)O)cc4O3)cc2CN2CCC[C@@H]2C)c(F)cn1. The molecule has 1 N–H and O–H groups in total. The lowest BCUT2D eigenvalue weighted by Crippen LogP contribution is -2.26. The second-order valence-corrected chi connectivity index (χ2v) is 12.1. The van der Waals surface area contributed by atoms with Crippen molar-refractivity contribution in [1.82, 2.24) is 9.88 Å². The van der Waals surface area contributed by atoms with E-state index in [0.717, 1.165) is 72.3 Å². The molecule has 4 atom stereocenters. The van der Waals surface area contributed by atoms with Gasteiger partial charge in [0.25, 0.3) is 0 Å². The topological polar surface area (TPSA) is 71.9 Å². The fourth-order valence-electron chi connectivity index (χ4n) is 6.80. The molecule has 41 heavy (non-hydrogen) atoms. The molecule has 0 unspecified atom stereocenters.